The number of aliphatic carboxylic acids is 1. The van der Waals surface area contributed by atoms with Crippen LogP contribution in [0.1, 0.15) is 25.3 Å². The van der Waals surface area contributed by atoms with Crippen molar-refractivity contribution in [1.29, 1.82) is 0 Å². The van der Waals surface area contributed by atoms with Crippen molar-refractivity contribution < 1.29 is 19.4 Å². The van der Waals surface area contributed by atoms with Crippen molar-refractivity contribution in [1.82, 2.24) is 0 Å². The highest BCUT2D eigenvalue weighted by Gasteiger charge is 2.63. The van der Waals surface area contributed by atoms with Crippen LogP contribution in [0.25, 0.3) is 0 Å². The van der Waals surface area contributed by atoms with Crippen molar-refractivity contribution in [2.45, 2.75) is 19.8 Å². The van der Waals surface area contributed by atoms with E-state index in [0.29, 0.717) is 11.5 Å². The first-order valence-electron chi connectivity index (χ1n) is 5.88. The minimum Gasteiger partial charge on any atom is -0.497 e. The Hall–Kier alpha value is -1.71. The summed E-state index contributed by atoms with van der Waals surface area (Å²) in [6.07, 6.45) is 0. The molecule has 0 bridgehead atoms. The van der Waals surface area contributed by atoms with Gasteiger partial charge in [0.2, 0.25) is 0 Å². The van der Waals surface area contributed by atoms with Gasteiger partial charge in [-0.1, -0.05) is 19.9 Å². The third-order valence-electron chi connectivity index (χ3n) is 3.87. The fourth-order valence-electron chi connectivity index (χ4n) is 2.75. The highest BCUT2D eigenvalue weighted by Crippen LogP contribution is 2.65. The Labute approximate surface area is 107 Å². The summed E-state index contributed by atoms with van der Waals surface area (Å²) < 4.78 is 10.5. The van der Waals surface area contributed by atoms with Crippen LogP contribution < -0.4 is 9.47 Å². The molecule has 0 aromatic heterocycles. The second kappa shape index (κ2) is 4.19. The Balaban J connectivity index is 2.38. The Morgan fingerprint density at radius 3 is 2.39 bits per heavy atom. The molecule has 1 aromatic carbocycles. The van der Waals surface area contributed by atoms with Crippen LogP contribution in [0, 0.1) is 11.3 Å². The summed E-state index contributed by atoms with van der Waals surface area (Å²) in [6.45, 7) is 3.94. The topological polar surface area (TPSA) is 55.8 Å². The Morgan fingerprint density at radius 2 is 1.94 bits per heavy atom. The van der Waals surface area contributed by atoms with Crippen LogP contribution in [0.4, 0.5) is 0 Å². The molecule has 98 valence electrons. The van der Waals surface area contributed by atoms with Crippen molar-refractivity contribution in [3.05, 3.63) is 23.8 Å². The van der Waals surface area contributed by atoms with E-state index in [0.717, 1.165) is 5.56 Å². The summed E-state index contributed by atoms with van der Waals surface area (Å²) in [5.41, 5.74) is 0.712. The van der Waals surface area contributed by atoms with E-state index >= 15 is 0 Å². The molecule has 2 unspecified atom stereocenters. The van der Waals surface area contributed by atoms with Crippen molar-refractivity contribution in [3.8, 4) is 11.5 Å². The molecule has 4 heteroatoms. The van der Waals surface area contributed by atoms with Crippen molar-refractivity contribution >= 4 is 5.97 Å². The smallest absolute Gasteiger partial charge is 0.307 e. The lowest BCUT2D eigenvalue weighted by atomic mass is 10.0. The van der Waals surface area contributed by atoms with E-state index in [1.54, 1.807) is 20.3 Å². The van der Waals surface area contributed by atoms with Crippen molar-refractivity contribution in [3.63, 3.8) is 0 Å². The molecule has 0 saturated heterocycles. The molecule has 0 aliphatic heterocycles. The molecule has 0 amide bonds. The molecule has 18 heavy (non-hydrogen) atoms. The zero-order valence-corrected chi connectivity index (χ0v) is 11.1. The van der Waals surface area contributed by atoms with Crippen LogP contribution in [-0.4, -0.2) is 25.3 Å². The highest BCUT2D eigenvalue weighted by molar-refractivity contribution is 5.78. The van der Waals surface area contributed by atoms with Gasteiger partial charge in [0.25, 0.3) is 0 Å². The molecule has 1 aliphatic rings. The molecule has 4 nitrogen and oxygen atoms in total. The third-order valence-corrected chi connectivity index (χ3v) is 3.87. The van der Waals surface area contributed by atoms with Gasteiger partial charge in [-0.3, -0.25) is 4.79 Å². The SMILES string of the molecule is COc1ccc(C2C(C(=O)O)C2(C)C)c(OC)c1. The monoisotopic (exact) mass is 250 g/mol. The number of ether oxygens (including phenoxy) is 2. The van der Waals surface area contributed by atoms with Crippen molar-refractivity contribution in [2.24, 2.45) is 11.3 Å². The second-order valence-electron chi connectivity index (χ2n) is 5.22. The normalized spacial score (nSPS) is 24.4. The number of carboxylic acid groups (broad SMARTS) is 1. The van der Waals surface area contributed by atoms with Gasteiger partial charge in [-0.15, -0.1) is 0 Å². The molecule has 2 atom stereocenters. The van der Waals surface area contributed by atoms with Gasteiger partial charge >= 0.3 is 5.97 Å². The predicted molar refractivity (Wildman–Crippen MR) is 67.2 cm³/mol. The largest absolute Gasteiger partial charge is 0.497 e. The molecule has 1 N–H and O–H groups in total. The molecular weight excluding hydrogens is 232 g/mol. The zero-order chi connectivity index (χ0) is 13.5. The van der Waals surface area contributed by atoms with Gasteiger partial charge in [-0.05, 0) is 17.0 Å². The van der Waals surface area contributed by atoms with Gasteiger partial charge in [-0.25, -0.2) is 0 Å². The van der Waals surface area contributed by atoms with Crippen molar-refractivity contribution in [2.75, 3.05) is 14.2 Å². The maximum absolute atomic E-state index is 11.2. The summed E-state index contributed by atoms with van der Waals surface area (Å²) in [5.74, 6) is 0.302. The lowest BCUT2D eigenvalue weighted by Crippen LogP contribution is -2.03. The second-order valence-corrected chi connectivity index (χ2v) is 5.22. The predicted octanol–water partition coefficient (Wildman–Crippen LogP) is 2.53. The molecule has 1 aromatic rings. The zero-order valence-electron chi connectivity index (χ0n) is 11.1. The third kappa shape index (κ3) is 1.82. The Morgan fingerprint density at radius 1 is 1.28 bits per heavy atom. The molecule has 1 fully saturated rings. The van der Waals surface area contributed by atoms with Crippen LogP contribution >= 0.6 is 0 Å². The van der Waals surface area contributed by atoms with Crippen LogP contribution in [0.3, 0.4) is 0 Å². The lowest BCUT2D eigenvalue weighted by molar-refractivity contribution is -0.139. The minimum absolute atomic E-state index is 0.00384. The molecule has 1 saturated carbocycles. The maximum Gasteiger partial charge on any atom is 0.307 e. The number of hydrogen-bond acceptors (Lipinski definition) is 3. The summed E-state index contributed by atoms with van der Waals surface area (Å²) >= 11 is 0. The van der Waals surface area contributed by atoms with E-state index in [2.05, 4.69) is 0 Å². The van der Waals surface area contributed by atoms with Gasteiger partial charge in [0.1, 0.15) is 11.5 Å². The fraction of sp³-hybridized carbons (Fsp3) is 0.500. The summed E-state index contributed by atoms with van der Waals surface area (Å²) in [4.78, 5) is 11.2. The number of hydrogen-bond donors (Lipinski definition) is 1. The average molecular weight is 250 g/mol. The van der Waals surface area contributed by atoms with E-state index in [-0.39, 0.29) is 17.3 Å². The van der Waals surface area contributed by atoms with Crippen LogP contribution in [0.15, 0.2) is 18.2 Å². The van der Waals surface area contributed by atoms with Gasteiger partial charge in [-0.2, -0.15) is 0 Å². The molecule has 0 radical (unpaired) electrons. The number of methoxy groups -OCH3 is 2. The van der Waals surface area contributed by atoms with E-state index in [1.807, 2.05) is 26.0 Å². The summed E-state index contributed by atoms with van der Waals surface area (Å²) in [7, 11) is 3.18. The first kappa shape index (κ1) is 12.7. The van der Waals surface area contributed by atoms with Gasteiger partial charge < -0.3 is 14.6 Å². The number of benzene rings is 1. The first-order valence-corrected chi connectivity index (χ1v) is 5.88. The Kier molecular flexibility index (Phi) is 2.97. The Bertz CT molecular complexity index is 479. The summed E-state index contributed by atoms with van der Waals surface area (Å²) in [6, 6.07) is 5.53. The molecule has 0 spiro atoms. The van der Waals surface area contributed by atoms with E-state index < -0.39 is 5.97 Å². The van der Waals surface area contributed by atoms with Gasteiger partial charge in [0, 0.05) is 12.0 Å². The minimum atomic E-state index is -0.747. The standard InChI is InChI=1S/C14H18O4/c1-14(2)11(12(14)13(15)16)9-6-5-8(17-3)7-10(9)18-4/h5-7,11-12H,1-4H3,(H,15,16). The van der Waals surface area contributed by atoms with E-state index in [4.69, 9.17) is 9.47 Å². The lowest BCUT2D eigenvalue weighted by Gasteiger charge is -2.11. The molecule has 1 aliphatic carbocycles. The maximum atomic E-state index is 11.2. The first-order chi connectivity index (χ1) is 8.43. The molecule has 2 rings (SSSR count). The van der Waals surface area contributed by atoms with E-state index in [9.17, 15) is 9.90 Å². The molecule has 0 heterocycles. The van der Waals surface area contributed by atoms with Crippen LogP contribution in [0.2, 0.25) is 0 Å². The molecular formula is C14H18O4. The number of rotatable bonds is 4. The van der Waals surface area contributed by atoms with E-state index in [1.165, 1.54) is 0 Å². The fourth-order valence-corrected chi connectivity index (χ4v) is 2.75. The van der Waals surface area contributed by atoms with Gasteiger partial charge in [0.05, 0.1) is 20.1 Å². The summed E-state index contributed by atoms with van der Waals surface area (Å²) in [5, 5.41) is 9.22. The highest BCUT2D eigenvalue weighted by atomic mass is 16.5. The van der Waals surface area contributed by atoms with Crippen LogP contribution in [-0.2, 0) is 4.79 Å². The quantitative estimate of drug-likeness (QED) is 0.892. The number of carboxylic acids is 1. The average Bonchev–Trinajstić information content (AvgIpc) is 2.91. The van der Waals surface area contributed by atoms with Crippen LogP contribution in [0.5, 0.6) is 11.5 Å². The van der Waals surface area contributed by atoms with Gasteiger partial charge in [0.15, 0.2) is 0 Å². The number of carbonyl (C=O) groups is 1.